The van der Waals surface area contributed by atoms with Crippen molar-refractivity contribution in [1.82, 2.24) is 9.96 Å². The maximum Gasteiger partial charge on any atom is 0.0250 e. The van der Waals surface area contributed by atoms with Crippen molar-refractivity contribution in [3.8, 4) is 0 Å². The van der Waals surface area contributed by atoms with Crippen molar-refractivity contribution in [1.29, 1.82) is 0 Å². The molecule has 3 nitrogen and oxygen atoms in total. The van der Waals surface area contributed by atoms with E-state index in [-0.39, 0.29) is 0 Å². The molecule has 12 heavy (non-hydrogen) atoms. The standard InChI is InChI=1S/C7H18N2O.C2H6/c1-4-9(10)7-5-6-8(2)3;1-2/h10H,4-7H2,1-3H3;1-2H3. The maximum absolute atomic E-state index is 8.99. The molecule has 0 saturated carbocycles. The number of hydrogen-bond acceptors (Lipinski definition) is 3. The van der Waals surface area contributed by atoms with Gasteiger partial charge in [-0.1, -0.05) is 20.8 Å². The predicted molar refractivity (Wildman–Crippen MR) is 53.6 cm³/mol. The van der Waals surface area contributed by atoms with E-state index in [1.54, 1.807) is 0 Å². The number of rotatable bonds is 5. The summed E-state index contributed by atoms with van der Waals surface area (Å²) < 4.78 is 0. The quantitative estimate of drug-likeness (QED) is 0.646. The van der Waals surface area contributed by atoms with Crippen LogP contribution in [-0.4, -0.2) is 48.9 Å². The third-order valence-electron chi connectivity index (χ3n) is 1.39. The molecule has 0 saturated heterocycles. The molecule has 1 N–H and O–H groups in total. The first-order chi connectivity index (χ1) is 5.66. The largest absolute Gasteiger partial charge is 0.314 e. The van der Waals surface area contributed by atoms with Gasteiger partial charge in [0, 0.05) is 13.1 Å². The zero-order valence-corrected chi connectivity index (χ0v) is 9.17. The van der Waals surface area contributed by atoms with Crippen molar-refractivity contribution in [2.24, 2.45) is 0 Å². The lowest BCUT2D eigenvalue weighted by atomic mass is 10.4. The molecule has 0 aliphatic heterocycles. The Bertz CT molecular complexity index is 76.9. The molecule has 0 aliphatic carbocycles. The van der Waals surface area contributed by atoms with Crippen LogP contribution in [0.1, 0.15) is 27.2 Å². The Morgan fingerprint density at radius 2 is 1.58 bits per heavy atom. The lowest BCUT2D eigenvalue weighted by Crippen LogP contribution is -2.23. The monoisotopic (exact) mass is 176 g/mol. The lowest BCUT2D eigenvalue weighted by molar-refractivity contribution is -0.0873. The highest BCUT2D eigenvalue weighted by atomic mass is 16.5. The maximum atomic E-state index is 8.99. The zero-order chi connectivity index (χ0) is 9.98. The summed E-state index contributed by atoms with van der Waals surface area (Å²) in [6.45, 7) is 8.47. The minimum atomic E-state index is 0.716. The first kappa shape index (κ1) is 14.4. The van der Waals surface area contributed by atoms with Crippen LogP contribution in [0.5, 0.6) is 0 Å². The summed E-state index contributed by atoms with van der Waals surface area (Å²) in [5.74, 6) is 0. The Morgan fingerprint density at radius 1 is 1.08 bits per heavy atom. The van der Waals surface area contributed by atoms with Crippen LogP contribution in [0.3, 0.4) is 0 Å². The van der Waals surface area contributed by atoms with Crippen LogP contribution in [0.25, 0.3) is 0 Å². The van der Waals surface area contributed by atoms with Crippen molar-refractivity contribution in [2.75, 3.05) is 33.7 Å². The van der Waals surface area contributed by atoms with E-state index < -0.39 is 0 Å². The van der Waals surface area contributed by atoms with Crippen molar-refractivity contribution in [3.05, 3.63) is 0 Å². The second-order valence-electron chi connectivity index (χ2n) is 2.70. The molecule has 0 aromatic rings. The van der Waals surface area contributed by atoms with Crippen LogP contribution in [0.15, 0.2) is 0 Å². The first-order valence-electron chi connectivity index (χ1n) is 4.75. The third-order valence-corrected chi connectivity index (χ3v) is 1.39. The van der Waals surface area contributed by atoms with Crippen molar-refractivity contribution >= 4 is 0 Å². The van der Waals surface area contributed by atoms with Gasteiger partial charge in [0.15, 0.2) is 0 Å². The van der Waals surface area contributed by atoms with Crippen LogP contribution in [0.2, 0.25) is 0 Å². The van der Waals surface area contributed by atoms with Gasteiger partial charge in [0.2, 0.25) is 0 Å². The first-order valence-corrected chi connectivity index (χ1v) is 4.75. The third kappa shape index (κ3) is 12.5. The van der Waals surface area contributed by atoms with Gasteiger partial charge in [-0.15, -0.1) is 0 Å². The molecular weight excluding hydrogens is 152 g/mol. The van der Waals surface area contributed by atoms with Crippen LogP contribution in [-0.2, 0) is 0 Å². The summed E-state index contributed by atoms with van der Waals surface area (Å²) in [4.78, 5) is 2.11. The van der Waals surface area contributed by atoms with Crippen LogP contribution < -0.4 is 0 Å². The van der Waals surface area contributed by atoms with Crippen molar-refractivity contribution in [3.63, 3.8) is 0 Å². The van der Waals surface area contributed by atoms with Crippen LogP contribution in [0, 0.1) is 0 Å². The normalized spacial score (nSPS) is 10.0. The van der Waals surface area contributed by atoms with Crippen LogP contribution >= 0.6 is 0 Å². The van der Waals surface area contributed by atoms with E-state index in [0.29, 0.717) is 6.54 Å². The average molecular weight is 176 g/mol. The van der Waals surface area contributed by atoms with Gasteiger partial charge in [0.05, 0.1) is 0 Å². The molecule has 0 radical (unpaired) electrons. The lowest BCUT2D eigenvalue weighted by Gasteiger charge is -2.13. The zero-order valence-electron chi connectivity index (χ0n) is 9.17. The molecule has 0 heterocycles. The molecule has 0 spiro atoms. The molecule has 0 aliphatic rings. The fourth-order valence-electron chi connectivity index (χ4n) is 0.728. The topological polar surface area (TPSA) is 26.7 Å². The van der Waals surface area contributed by atoms with Gasteiger partial charge in [-0.3, -0.25) is 0 Å². The Hall–Kier alpha value is -0.120. The molecule has 0 amide bonds. The van der Waals surface area contributed by atoms with Gasteiger partial charge in [-0.05, 0) is 27.1 Å². The van der Waals surface area contributed by atoms with E-state index in [4.69, 9.17) is 5.21 Å². The van der Waals surface area contributed by atoms with Gasteiger partial charge < -0.3 is 10.1 Å². The Morgan fingerprint density at radius 3 is 1.92 bits per heavy atom. The molecule has 0 atom stereocenters. The summed E-state index contributed by atoms with van der Waals surface area (Å²) in [7, 11) is 4.07. The highest BCUT2D eigenvalue weighted by Gasteiger charge is 1.95. The van der Waals surface area contributed by atoms with E-state index in [0.717, 1.165) is 19.5 Å². The SMILES string of the molecule is CC.CCN(O)CCCN(C)C. The Kier molecular flexibility index (Phi) is 13.1. The fourth-order valence-corrected chi connectivity index (χ4v) is 0.728. The number of nitrogens with zero attached hydrogens (tertiary/aromatic N) is 2. The summed E-state index contributed by atoms with van der Waals surface area (Å²) in [5.41, 5.74) is 0. The highest BCUT2D eigenvalue weighted by Crippen LogP contribution is 1.87. The fraction of sp³-hybridized carbons (Fsp3) is 1.00. The molecule has 0 fully saturated rings. The second kappa shape index (κ2) is 10.9. The van der Waals surface area contributed by atoms with Crippen molar-refractivity contribution < 1.29 is 5.21 Å². The Balaban J connectivity index is 0. The molecular formula is C9H24N2O. The minimum Gasteiger partial charge on any atom is -0.314 e. The molecule has 76 valence electrons. The van der Waals surface area contributed by atoms with Gasteiger partial charge >= 0.3 is 0 Å². The highest BCUT2D eigenvalue weighted by molar-refractivity contribution is 4.46. The van der Waals surface area contributed by atoms with E-state index in [1.165, 1.54) is 5.06 Å². The molecule has 0 bridgehead atoms. The van der Waals surface area contributed by atoms with E-state index in [9.17, 15) is 0 Å². The smallest absolute Gasteiger partial charge is 0.0250 e. The van der Waals surface area contributed by atoms with E-state index in [1.807, 2.05) is 34.9 Å². The van der Waals surface area contributed by atoms with Crippen LogP contribution in [0.4, 0.5) is 0 Å². The Labute approximate surface area is 76.9 Å². The van der Waals surface area contributed by atoms with Gasteiger partial charge in [0.1, 0.15) is 0 Å². The van der Waals surface area contributed by atoms with E-state index >= 15 is 0 Å². The predicted octanol–water partition coefficient (Wildman–Crippen LogP) is 1.68. The second-order valence-corrected chi connectivity index (χ2v) is 2.70. The number of hydroxylamine groups is 2. The number of hydrogen-bond donors (Lipinski definition) is 1. The molecule has 0 aromatic carbocycles. The average Bonchev–Trinajstić information content (AvgIpc) is 2.07. The van der Waals surface area contributed by atoms with Gasteiger partial charge in [0.25, 0.3) is 0 Å². The summed E-state index contributed by atoms with van der Waals surface area (Å²) in [5, 5.41) is 10.3. The molecule has 0 unspecified atom stereocenters. The summed E-state index contributed by atoms with van der Waals surface area (Å²) in [6, 6.07) is 0. The molecule has 0 aromatic heterocycles. The van der Waals surface area contributed by atoms with Gasteiger partial charge in [-0.25, -0.2) is 0 Å². The van der Waals surface area contributed by atoms with E-state index in [2.05, 4.69) is 4.90 Å². The minimum absolute atomic E-state index is 0.716. The summed E-state index contributed by atoms with van der Waals surface area (Å²) >= 11 is 0. The molecule has 0 rings (SSSR count). The molecule has 3 heteroatoms. The van der Waals surface area contributed by atoms with Gasteiger partial charge in [-0.2, -0.15) is 5.06 Å². The van der Waals surface area contributed by atoms with Crippen molar-refractivity contribution in [2.45, 2.75) is 27.2 Å². The summed E-state index contributed by atoms with van der Waals surface area (Å²) in [6.07, 6.45) is 1.03.